The van der Waals surface area contributed by atoms with E-state index in [0.717, 1.165) is 54.6 Å². The third-order valence-electron chi connectivity index (χ3n) is 5.52. The Balaban J connectivity index is 1.55. The SMILES string of the molecule is CCN(CCO)CCCCCCCCCCOc1ccc(Cl)cc1-c1ccccc1. The Labute approximate surface area is 188 Å². The second-order valence-electron chi connectivity index (χ2n) is 7.84. The maximum atomic E-state index is 9.01. The summed E-state index contributed by atoms with van der Waals surface area (Å²) in [5.74, 6) is 0.910. The predicted octanol–water partition coefficient (Wildman–Crippen LogP) is 6.82. The molecule has 2 aromatic rings. The molecule has 0 heterocycles. The lowest BCUT2D eigenvalue weighted by atomic mass is 10.0. The van der Waals surface area contributed by atoms with Crippen LogP contribution in [0.4, 0.5) is 0 Å². The van der Waals surface area contributed by atoms with E-state index in [9.17, 15) is 0 Å². The first kappa shape index (κ1) is 24.7. The van der Waals surface area contributed by atoms with Gasteiger partial charge < -0.3 is 14.7 Å². The molecule has 0 bridgehead atoms. The summed E-state index contributed by atoms with van der Waals surface area (Å²) in [6.07, 6.45) is 10.1. The lowest BCUT2D eigenvalue weighted by Gasteiger charge is -2.18. The van der Waals surface area contributed by atoms with Gasteiger partial charge in [0, 0.05) is 17.1 Å². The van der Waals surface area contributed by atoms with E-state index >= 15 is 0 Å². The number of rotatable bonds is 16. The number of aliphatic hydroxyl groups is 1. The van der Waals surface area contributed by atoms with Crippen LogP contribution in [0.3, 0.4) is 0 Å². The van der Waals surface area contributed by atoms with E-state index in [2.05, 4.69) is 24.0 Å². The Morgan fingerprint density at radius 3 is 2.17 bits per heavy atom. The molecule has 166 valence electrons. The van der Waals surface area contributed by atoms with Crippen molar-refractivity contribution in [3.63, 3.8) is 0 Å². The van der Waals surface area contributed by atoms with Crippen LogP contribution in [-0.4, -0.2) is 42.9 Å². The molecule has 0 radical (unpaired) electrons. The minimum absolute atomic E-state index is 0.267. The molecular weight excluding hydrogens is 394 g/mol. The molecule has 3 nitrogen and oxygen atoms in total. The Morgan fingerprint density at radius 2 is 1.50 bits per heavy atom. The standard InChI is InChI=1S/C26H38ClNO2/c1-2-28(19-20-29)18-12-7-5-3-4-6-8-13-21-30-26-17-16-24(27)22-25(26)23-14-10-9-11-15-23/h9-11,14-17,22,29H,2-8,12-13,18-21H2,1H3. The van der Waals surface area contributed by atoms with Gasteiger partial charge in [-0.15, -0.1) is 0 Å². The molecule has 0 unspecified atom stereocenters. The molecule has 0 aliphatic heterocycles. The largest absolute Gasteiger partial charge is 0.493 e. The lowest BCUT2D eigenvalue weighted by Crippen LogP contribution is -2.27. The van der Waals surface area contributed by atoms with Crippen LogP contribution in [0.1, 0.15) is 58.3 Å². The van der Waals surface area contributed by atoms with Gasteiger partial charge in [0.1, 0.15) is 5.75 Å². The summed E-state index contributed by atoms with van der Waals surface area (Å²) < 4.78 is 6.08. The van der Waals surface area contributed by atoms with E-state index in [4.69, 9.17) is 21.4 Å². The van der Waals surface area contributed by atoms with Crippen LogP contribution in [0, 0.1) is 0 Å². The predicted molar refractivity (Wildman–Crippen MR) is 129 cm³/mol. The summed E-state index contributed by atoms with van der Waals surface area (Å²) in [6.45, 7) is 6.13. The quantitative estimate of drug-likeness (QED) is 0.296. The van der Waals surface area contributed by atoms with Crippen molar-refractivity contribution >= 4 is 11.6 Å². The fourth-order valence-electron chi connectivity index (χ4n) is 3.72. The Kier molecular flexibility index (Phi) is 12.6. The number of ether oxygens (including phenoxy) is 1. The van der Waals surface area contributed by atoms with Gasteiger partial charge in [0.25, 0.3) is 0 Å². The molecule has 2 aromatic carbocycles. The highest BCUT2D eigenvalue weighted by molar-refractivity contribution is 6.31. The molecule has 0 spiro atoms. The summed E-state index contributed by atoms with van der Waals surface area (Å²) in [7, 11) is 0. The molecule has 0 fully saturated rings. The molecule has 0 atom stereocenters. The minimum Gasteiger partial charge on any atom is -0.493 e. The smallest absolute Gasteiger partial charge is 0.127 e. The van der Waals surface area contributed by atoms with Crippen LogP contribution >= 0.6 is 11.6 Å². The zero-order valence-corrected chi connectivity index (χ0v) is 19.2. The molecule has 2 rings (SSSR count). The van der Waals surface area contributed by atoms with Crippen LogP contribution in [0.5, 0.6) is 5.75 Å². The van der Waals surface area contributed by atoms with E-state index < -0.39 is 0 Å². The number of aliphatic hydroxyl groups excluding tert-OH is 1. The van der Waals surface area contributed by atoms with Crippen molar-refractivity contribution in [2.24, 2.45) is 0 Å². The summed E-state index contributed by atoms with van der Waals surface area (Å²) >= 11 is 6.20. The number of hydrogen-bond donors (Lipinski definition) is 1. The van der Waals surface area contributed by atoms with Crippen LogP contribution in [0.15, 0.2) is 48.5 Å². The Hall–Kier alpha value is -1.55. The number of hydrogen-bond acceptors (Lipinski definition) is 3. The fraction of sp³-hybridized carbons (Fsp3) is 0.538. The van der Waals surface area contributed by atoms with E-state index in [1.807, 2.05) is 36.4 Å². The molecule has 1 N–H and O–H groups in total. The summed E-state index contributed by atoms with van der Waals surface area (Å²) in [5.41, 5.74) is 2.19. The van der Waals surface area contributed by atoms with Gasteiger partial charge in [0.2, 0.25) is 0 Å². The number of benzene rings is 2. The summed E-state index contributed by atoms with van der Waals surface area (Å²) in [4.78, 5) is 2.32. The van der Waals surface area contributed by atoms with Gasteiger partial charge in [-0.1, -0.05) is 87.4 Å². The zero-order valence-electron chi connectivity index (χ0n) is 18.5. The van der Waals surface area contributed by atoms with Gasteiger partial charge in [0.05, 0.1) is 13.2 Å². The first-order valence-corrected chi connectivity index (χ1v) is 11.9. The number of nitrogens with zero attached hydrogens (tertiary/aromatic N) is 1. The van der Waals surface area contributed by atoms with E-state index in [1.54, 1.807) is 0 Å². The van der Waals surface area contributed by atoms with Crippen molar-refractivity contribution in [2.45, 2.75) is 58.3 Å². The molecule has 0 aliphatic rings. The average Bonchev–Trinajstić information content (AvgIpc) is 2.78. The van der Waals surface area contributed by atoms with Crippen molar-refractivity contribution in [3.05, 3.63) is 53.6 Å². The second kappa shape index (κ2) is 15.3. The highest BCUT2D eigenvalue weighted by Crippen LogP contribution is 2.32. The molecule has 30 heavy (non-hydrogen) atoms. The molecule has 0 saturated carbocycles. The van der Waals surface area contributed by atoms with Gasteiger partial charge >= 0.3 is 0 Å². The topological polar surface area (TPSA) is 32.7 Å². The van der Waals surface area contributed by atoms with Gasteiger partial charge in [-0.2, -0.15) is 0 Å². The maximum Gasteiger partial charge on any atom is 0.127 e. The van der Waals surface area contributed by atoms with E-state index in [0.29, 0.717) is 0 Å². The van der Waals surface area contributed by atoms with Crippen molar-refractivity contribution in [2.75, 3.05) is 32.8 Å². The van der Waals surface area contributed by atoms with Gasteiger partial charge in [-0.05, 0) is 49.7 Å². The van der Waals surface area contributed by atoms with Crippen LogP contribution in [0.25, 0.3) is 11.1 Å². The van der Waals surface area contributed by atoms with Gasteiger partial charge in [0.15, 0.2) is 0 Å². The average molecular weight is 432 g/mol. The Morgan fingerprint density at radius 1 is 0.833 bits per heavy atom. The summed E-state index contributed by atoms with van der Waals surface area (Å²) in [6, 6.07) is 16.1. The summed E-state index contributed by atoms with van der Waals surface area (Å²) in [5, 5.41) is 9.75. The van der Waals surface area contributed by atoms with Crippen LogP contribution in [-0.2, 0) is 0 Å². The normalized spacial score (nSPS) is 11.2. The fourth-order valence-corrected chi connectivity index (χ4v) is 3.89. The molecular formula is C26H38ClNO2. The van der Waals surface area contributed by atoms with Crippen molar-refractivity contribution in [1.82, 2.24) is 4.90 Å². The monoisotopic (exact) mass is 431 g/mol. The minimum atomic E-state index is 0.267. The third-order valence-corrected chi connectivity index (χ3v) is 5.75. The molecule has 0 aromatic heterocycles. The first-order chi connectivity index (χ1) is 14.7. The van der Waals surface area contributed by atoms with Crippen molar-refractivity contribution < 1.29 is 9.84 Å². The molecule has 0 aliphatic carbocycles. The molecule has 4 heteroatoms. The number of unbranched alkanes of at least 4 members (excludes halogenated alkanes) is 7. The highest BCUT2D eigenvalue weighted by atomic mass is 35.5. The molecule has 0 amide bonds. The first-order valence-electron chi connectivity index (χ1n) is 11.6. The van der Waals surface area contributed by atoms with Gasteiger partial charge in [-0.25, -0.2) is 0 Å². The van der Waals surface area contributed by atoms with Crippen LogP contribution in [0.2, 0.25) is 5.02 Å². The molecule has 0 saturated heterocycles. The van der Waals surface area contributed by atoms with Crippen molar-refractivity contribution in [3.8, 4) is 16.9 Å². The van der Waals surface area contributed by atoms with E-state index in [-0.39, 0.29) is 6.61 Å². The zero-order chi connectivity index (χ0) is 21.4. The van der Waals surface area contributed by atoms with Crippen LogP contribution < -0.4 is 4.74 Å². The van der Waals surface area contributed by atoms with E-state index in [1.165, 1.54) is 44.9 Å². The lowest BCUT2D eigenvalue weighted by molar-refractivity contribution is 0.199. The van der Waals surface area contributed by atoms with Gasteiger partial charge in [-0.3, -0.25) is 0 Å². The number of halogens is 1. The maximum absolute atomic E-state index is 9.01. The van der Waals surface area contributed by atoms with Crippen molar-refractivity contribution in [1.29, 1.82) is 0 Å². The third kappa shape index (κ3) is 9.51. The Bertz CT molecular complexity index is 693. The second-order valence-corrected chi connectivity index (χ2v) is 8.28. The number of likely N-dealkylation sites (N-methyl/N-ethyl adjacent to an activating group) is 1. The highest BCUT2D eigenvalue weighted by Gasteiger charge is 2.07.